The van der Waals surface area contributed by atoms with Crippen molar-refractivity contribution in [3.05, 3.63) is 118 Å². The molecule has 4 aromatic rings. The van der Waals surface area contributed by atoms with Gasteiger partial charge in [0.05, 0.1) is 38.9 Å². The van der Waals surface area contributed by atoms with E-state index < -0.39 is 16.9 Å². The molecule has 2 aromatic carbocycles. The zero-order valence-corrected chi connectivity index (χ0v) is 22.6. The highest BCUT2D eigenvalue weighted by Gasteiger charge is 2.33. The molecule has 1 aliphatic rings. The molecule has 192 valence electrons. The Balaban J connectivity index is 1.63. The van der Waals surface area contributed by atoms with Crippen LogP contribution in [0.4, 0.5) is 5.69 Å². The second-order valence-corrected chi connectivity index (χ2v) is 10.3. The molecule has 0 spiro atoms. The number of hydrogen-bond acceptors (Lipinski definition) is 8. The first-order chi connectivity index (χ1) is 18.3. The summed E-state index contributed by atoms with van der Waals surface area (Å²) in [5.74, 6) is 0.120. The van der Waals surface area contributed by atoms with Gasteiger partial charge >= 0.3 is 5.97 Å². The lowest BCUT2D eigenvalue weighted by atomic mass is 9.96. The lowest BCUT2D eigenvalue weighted by Gasteiger charge is -2.24. The second kappa shape index (κ2) is 10.3. The van der Waals surface area contributed by atoms with E-state index in [1.165, 1.54) is 22.0 Å². The molecule has 5 rings (SSSR count). The number of fused-ring (bicyclic) bond motifs is 1. The van der Waals surface area contributed by atoms with Crippen molar-refractivity contribution in [2.24, 2.45) is 4.99 Å². The van der Waals surface area contributed by atoms with E-state index in [-0.39, 0.29) is 17.9 Å². The Morgan fingerprint density at radius 2 is 2.00 bits per heavy atom. The van der Waals surface area contributed by atoms with Crippen LogP contribution in [-0.2, 0) is 9.53 Å². The van der Waals surface area contributed by atoms with E-state index in [1.807, 2.05) is 30.3 Å². The third kappa shape index (κ3) is 4.66. The van der Waals surface area contributed by atoms with Crippen LogP contribution < -0.4 is 14.9 Å². The predicted octanol–water partition coefficient (Wildman–Crippen LogP) is 4.73. The Hall–Kier alpha value is -4.09. The lowest BCUT2D eigenvalue weighted by molar-refractivity contribution is -0.384. The van der Waals surface area contributed by atoms with Gasteiger partial charge in [0, 0.05) is 16.6 Å². The molecule has 38 heavy (non-hydrogen) atoms. The van der Waals surface area contributed by atoms with Crippen LogP contribution in [0.15, 0.2) is 90.6 Å². The van der Waals surface area contributed by atoms with Gasteiger partial charge in [0.25, 0.3) is 11.2 Å². The lowest BCUT2D eigenvalue weighted by Crippen LogP contribution is -2.39. The number of nitrogens with zero attached hydrogens (tertiary/aromatic N) is 3. The Morgan fingerprint density at radius 3 is 2.71 bits per heavy atom. The summed E-state index contributed by atoms with van der Waals surface area (Å²) in [5.41, 5.74) is 1.40. The summed E-state index contributed by atoms with van der Waals surface area (Å²) in [7, 11) is 0. The van der Waals surface area contributed by atoms with Gasteiger partial charge in [-0.1, -0.05) is 57.6 Å². The van der Waals surface area contributed by atoms with Crippen LogP contribution in [0.5, 0.6) is 0 Å². The predicted molar refractivity (Wildman–Crippen MR) is 145 cm³/mol. The molecule has 0 unspecified atom stereocenters. The summed E-state index contributed by atoms with van der Waals surface area (Å²) in [6.45, 7) is 3.64. The van der Waals surface area contributed by atoms with Gasteiger partial charge in [-0.25, -0.2) is 9.79 Å². The standard InChI is InChI=1S/C27H20BrN3O6S/c1-3-36-26(33)23-15(2)29-27-30(24(23)16-7-5-4-6-8-16)25(32)22(38-27)14-18-10-12-21(37-18)19-11-9-17(28)13-20(19)31(34)35/h4-14,24H,3H2,1-2H3/b22-14-/t24-/m1/s1. The van der Waals surface area contributed by atoms with Crippen LogP contribution in [-0.4, -0.2) is 22.1 Å². The summed E-state index contributed by atoms with van der Waals surface area (Å²) in [6.07, 6.45) is 1.57. The van der Waals surface area contributed by atoms with Crippen LogP contribution in [0.1, 0.15) is 31.2 Å². The van der Waals surface area contributed by atoms with Gasteiger partial charge in [-0.3, -0.25) is 19.5 Å². The van der Waals surface area contributed by atoms with Crippen molar-refractivity contribution in [2.75, 3.05) is 6.61 Å². The molecule has 9 nitrogen and oxygen atoms in total. The van der Waals surface area contributed by atoms with E-state index in [9.17, 15) is 19.7 Å². The van der Waals surface area contributed by atoms with Crippen molar-refractivity contribution in [1.82, 2.24) is 4.57 Å². The van der Waals surface area contributed by atoms with Crippen LogP contribution in [0, 0.1) is 10.1 Å². The topological polar surface area (TPSA) is 117 Å². The number of aromatic nitrogens is 1. The Morgan fingerprint density at radius 1 is 1.24 bits per heavy atom. The summed E-state index contributed by atoms with van der Waals surface area (Å²) in [5, 5.41) is 11.5. The highest BCUT2D eigenvalue weighted by molar-refractivity contribution is 9.10. The number of nitro groups is 1. The van der Waals surface area contributed by atoms with Crippen molar-refractivity contribution in [2.45, 2.75) is 19.9 Å². The van der Waals surface area contributed by atoms with E-state index in [2.05, 4.69) is 20.9 Å². The Labute approximate surface area is 228 Å². The largest absolute Gasteiger partial charge is 0.463 e. The number of furan rings is 1. The maximum atomic E-state index is 13.7. The number of hydrogen-bond donors (Lipinski definition) is 0. The average molecular weight is 594 g/mol. The fraction of sp³-hybridized carbons (Fsp3) is 0.148. The number of carbonyl (C=O) groups is 1. The van der Waals surface area contributed by atoms with Crippen LogP contribution in [0.25, 0.3) is 17.4 Å². The molecule has 0 fully saturated rings. The number of carbonyl (C=O) groups excluding carboxylic acids is 1. The molecule has 0 saturated carbocycles. The number of halogens is 1. The number of ether oxygens (including phenoxy) is 1. The van der Waals surface area contributed by atoms with E-state index >= 15 is 0 Å². The monoisotopic (exact) mass is 593 g/mol. The number of esters is 1. The first-order valence-corrected chi connectivity index (χ1v) is 13.2. The van der Waals surface area contributed by atoms with E-state index in [0.717, 1.165) is 5.56 Å². The van der Waals surface area contributed by atoms with Gasteiger partial charge in [-0.15, -0.1) is 0 Å². The summed E-state index contributed by atoms with van der Waals surface area (Å²) >= 11 is 4.42. The van der Waals surface area contributed by atoms with E-state index in [1.54, 1.807) is 44.2 Å². The first-order valence-electron chi connectivity index (χ1n) is 11.6. The van der Waals surface area contributed by atoms with Crippen molar-refractivity contribution in [3.63, 3.8) is 0 Å². The SMILES string of the molecule is CCOC(=O)C1=C(C)N=c2s/c(=C\c3ccc(-c4ccc(Br)cc4[N+](=O)[O-])o3)c(=O)n2[C@@H]1c1ccccc1. The Kier molecular flexibility index (Phi) is 6.96. The van der Waals surface area contributed by atoms with Crippen molar-refractivity contribution >= 4 is 45.0 Å². The van der Waals surface area contributed by atoms with Crippen LogP contribution in [0.3, 0.4) is 0 Å². The molecule has 0 amide bonds. The summed E-state index contributed by atoms with van der Waals surface area (Å²) < 4.78 is 13.6. The van der Waals surface area contributed by atoms with E-state index in [0.29, 0.717) is 42.2 Å². The van der Waals surface area contributed by atoms with Gasteiger partial charge in [0.15, 0.2) is 4.80 Å². The molecule has 1 atom stereocenters. The van der Waals surface area contributed by atoms with Gasteiger partial charge in [-0.2, -0.15) is 0 Å². The molecule has 11 heteroatoms. The minimum atomic E-state index is -0.703. The zero-order chi connectivity index (χ0) is 27.0. The second-order valence-electron chi connectivity index (χ2n) is 8.33. The van der Waals surface area contributed by atoms with E-state index in [4.69, 9.17) is 9.15 Å². The van der Waals surface area contributed by atoms with Crippen molar-refractivity contribution in [1.29, 1.82) is 0 Å². The minimum absolute atomic E-state index is 0.107. The number of rotatable bonds is 6. The van der Waals surface area contributed by atoms with Crippen molar-refractivity contribution < 1.29 is 18.9 Å². The average Bonchev–Trinajstić information content (AvgIpc) is 3.48. The van der Waals surface area contributed by atoms with Gasteiger partial charge in [0.2, 0.25) is 0 Å². The van der Waals surface area contributed by atoms with Gasteiger partial charge < -0.3 is 9.15 Å². The number of allylic oxidation sites excluding steroid dienone is 1. The maximum Gasteiger partial charge on any atom is 0.338 e. The highest BCUT2D eigenvalue weighted by atomic mass is 79.9. The zero-order valence-electron chi connectivity index (χ0n) is 20.2. The minimum Gasteiger partial charge on any atom is -0.463 e. The normalized spacial score (nSPS) is 15.2. The quantitative estimate of drug-likeness (QED) is 0.181. The smallest absolute Gasteiger partial charge is 0.338 e. The molecule has 0 radical (unpaired) electrons. The fourth-order valence-electron chi connectivity index (χ4n) is 4.31. The number of nitro benzene ring substituents is 1. The van der Waals surface area contributed by atoms with Crippen LogP contribution in [0.2, 0.25) is 0 Å². The molecule has 0 N–H and O–H groups in total. The molecular weight excluding hydrogens is 574 g/mol. The molecular formula is C27H20BrN3O6S. The molecule has 2 aromatic heterocycles. The van der Waals surface area contributed by atoms with Crippen molar-refractivity contribution in [3.8, 4) is 11.3 Å². The summed E-state index contributed by atoms with van der Waals surface area (Å²) in [6, 6.07) is 16.5. The first kappa shape index (κ1) is 25.6. The fourth-order valence-corrected chi connectivity index (χ4v) is 5.69. The Bertz CT molecular complexity index is 1780. The summed E-state index contributed by atoms with van der Waals surface area (Å²) in [4.78, 5) is 42.6. The molecule has 0 aliphatic carbocycles. The molecule has 3 heterocycles. The maximum absolute atomic E-state index is 13.7. The highest BCUT2D eigenvalue weighted by Crippen LogP contribution is 2.34. The van der Waals surface area contributed by atoms with Gasteiger partial charge in [0.1, 0.15) is 11.5 Å². The third-order valence-corrected chi connectivity index (χ3v) is 7.43. The molecule has 0 saturated heterocycles. The van der Waals surface area contributed by atoms with Gasteiger partial charge in [-0.05, 0) is 43.7 Å². The number of benzene rings is 2. The molecule has 1 aliphatic heterocycles. The third-order valence-electron chi connectivity index (χ3n) is 5.95. The number of thiazole rings is 1. The van der Waals surface area contributed by atoms with Crippen LogP contribution >= 0.6 is 27.3 Å². The molecule has 0 bridgehead atoms.